The van der Waals surface area contributed by atoms with Crippen molar-refractivity contribution in [3.05, 3.63) is 48.8 Å². The van der Waals surface area contributed by atoms with Crippen LogP contribution in [0.1, 0.15) is 0 Å². The lowest BCUT2D eigenvalue weighted by Crippen LogP contribution is -1.87. The lowest BCUT2D eigenvalue weighted by Gasteiger charge is -2.07. The van der Waals surface area contributed by atoms with Crippen molar-refractivity contribution in [2.24, 2.45) is 0 Å². The van der Waals surface area contributed by atoms with Crippen LogP contribution in [0.25, 0.3) is 21.8 Å². The maximum absolute atomic E-state index is 5.23. The molecule has 0 unspecified atom stereocenters. The second-order valence-electron chi connectivity index (χ2n) is 4.42. The molecule has 0 saturated carbocycles. The zero-order valence-electron chi connectivity index (χ0n) is 11.8. The van der Waals surface area contributed by atoms with E-state index in [1.165, 1.54) is 6.33 Å². The number of H-pyrrole nitrogens is 1. The Morgan fingerprint density at radius 2 is 1.86 bits per heavy atom. The molecular weight excluding hydrogens is 298 g/mol. The first-order valence-electron chi connectivity index (χ1n) is 6.52. The van der Waals surface area contributed by atoms with Crippen molar-refractivity contribution >= 4 is 34.4 Å². The van der Waals surface area contributed by atoms with E-state index in [2.05, 4.69) is 38.2 Å². The van der Waals surface area contributed by atoms with Gasteiger partial charge >= 0.3 is 0 Å². The van der Waals surface area contributed by atoms with Crippen LogP contribution in [0.3, 0.4) is 0 Å². The monoisotopic (exact) mass is 311 g/mol. The van der Waals surface area contributed by atoms with Gasteiger partial charge in [-0.2, -0.15) is 0 Å². The Morgan fingerprint density at radius 1 is 1.05 bits per heavy atom. The number of thiol groups is 1. The summed E-state index contributed by atoms with van der Waals surface area (Å²) in [5.41, 5.74) is 1.91. The van der Waals surface area contributed by atoms with Crippen molar-refractivity contribution in [1.82, 2.24) is 25.6 Å². The maximum Gasteiger partial charge on any atom is 0.135 e. The van der Waals surface area contributed by atoms with Crippen LogP contribution < -0.4 is 4.74 Å². The molecule has 0 aliphatic carbocycles. The van der Waals surface area contributed by atoms with Crippen LogP contribution in [-0.2, 0) is 0 Å². The second-order valence-corrected chi connectivity index (χ2v) is 4.87. The Bertz CT molecular complexity index is 878. The summed E-state index contributed by atoms with van der Waals surface area (Å²) >= 11 is 4.61. The van der Waals surface area contributed by atoms with Crippen LogP contribution in [0.15, 0.2) is 53.7 Å². The van der Waals surface area contributed by atoms with E-state index in [9.17, 15) is 0 Å². The number of nitrogens with one attached hydrogen (secondary N) is 1. The van der Waals surface area contributed by atoms with Crippen LogP contribution in [-0.4, -0.2) is 32.7 Å². The highest BCUT2D eigenvalue weighted by Gasteiger charge is 2.06. The number of hydrogen-bond donors (Lipinski definition) is 2. The summed E-state index contributed by atoms with van der Waals surface area (Å²) in [7, 11) is 1.66. The summed E-state index contributed by atoms with van der Waals surface area (Å²) in [6.45, 7) is 0. The largest absolute Gasteiger partial charge is 0.497 e. The van der Waals surface area contributed by atoms with Gasteiger partial charge in [0.25, 0.3) is 0 Å². The molecule has 0 fully saturated rings. The lowest BCUT2D eigenvalue weighted by atomic mass is 10.1. The minimum Gasteiger partial charge on any atom is -0.497 e. The van der Waals surface area contributed by atoms with Crippen molar-refractivity contribution in [3.63, 3.8) is 0 Å². The number of tetrazole rings is 1. The van der Waals surface area contributed by atoms with Gasteiger partial charge in [0, 0.05) is 15.7 Å². The fourth-order valence-corrected chi connectivity index (χ4v) is 2.47. The number of fused-ring (bicyclic) bond motifs is 2. The highest BCUT2D eigenvalue weighted by Crippen LogP contribution is 2.30. The number of nitrogens with zero attached hydrogens (tertiary/aromatic N) is 4. The molecule has 0 radical (unpaired) electrons. The molecule has 2 aromatic heterocycles. The van der Waals surface area contributed by atoms with Gasteiger partial charge in [0.2, 0.25) is 0 Å². The smallest absolute Gasteiger partial charge is 0.135 e. The van der Waals surface area contributed by atoms with E-state index in [-0.39, 0.29) is 0 Å². The molecule has 4 aromatic rings. The number of aromatic amines is 1. The van der Waals surface area contributed by atoms with Crippen molar-refractivity contribution in [2.45, 2.75) is 4.90 Å². The van der Waals surface area contributed by atoms with Crippen molar-refractivity contribution in [1.29, 1.82) is 0 Å². The Kier molecular flexibility index (Phi) is 4.15. The third-order valence-electron chi connectivity index (χ3n) is 3.13. The van der Waals surface area contributed by atoms with Gasteiger partial charge in [0.1, 0.15) is 12.1 Å². The Morgan fingerprint density at radius 3 is 2.55 bits per heavy atom. The zero-order valence-corrected chi connectivity index (χ0v) is 12.7. The molecule has 6 nitrogen and oxygen atoms in total. The molecule has 110 valence electrons. The first-order valence-corrected chi connectivity index (χ1v) is 6.97. The molecule has 0 atom stereocenters. The Balaban J connectivity index is 0.000000246. The number of para-hydroxylation sites is 1. The maximum atomic E-state index is 5.23. The molecule has 0 aliphatic rings. The van der Waals surface area contributed by atoms with Gasteiger partial charge in [-0.25, -0.2) is 10.1 Å². The third-order valence-corrected chi connectivity index (χ3v) is 3.61. The standard InChI is InChI=1S/C14H11NOS.CH2N4/c1-16-9-6-7-13-11(8-9)14(17)10-4-2-3-5-12(10)15-13;1-2-4-5-3-1/h2-8H,1H3,(H,15,17);1H,(H,2,3,4,5). The molecule has 4 rings (SSSR count). The van der Waals surface area contributed by atoms with Gasteiger partial charge in [-0.3, -0.25) is 0 Å². The minimum atomic E-state index is 0.824. The topological polar surface area (TPSA) is 76.6 Å². The highest BCUT2D eigenvalue weighted by molar-refractivity contribution is 7.80. The number of aromatic nitrogens is 5. The molecule has 7 heteroatoms. The number of rotatable bonds is 1. The molecule has 0 bridgehead atoms. The van der Waals surface area contributed by atoms with Gasteiger partial charge in [-0.05, 0) is 34.7 Å². The van der Waals surface area contributed by atoms with Crippen molar-refractivity contribution in [3.8, 4) is 5.75 Å². The molecule has 1 N–H and O–H groups in total. The number of ether oxygens (including phenoxy) is 1. The fraction of sp³-hybridized carbons (Fsp3) is 0.0667. The van der Waals surface area contributed by atoms with Crippen LogP contribution in [0.4, 0.5) is 0 Å². The number of benzene rings is 2. The van der Waals surface area contributed by atoms with Crippen LogP contribution in [0.2, 0.25) is 0 Å². The first-order chi connectivity index (χ1) is 10.8. The average molecular weight is 311 g/mol. The molecular formula is C15H13N5OS. The molecule has 0 spiro atoms. The van der Waals surface area contributed by atoms with E-state index in [1.807, 2.05) is 42.5 Å². The van der Waals surface area contributed by atoms with Crippen LogP contribution in [0.5, 0.6) is 5.75 Å². The van der Waals surface area contributed by atoms with Gasteiger partial charge < -0.3 is 4.74 Å². The normalized spacial score (nSPS) is 10.3. The third kappa shape index (κ3) is 2.84. The van der Waals surface area contributed by atoms with Gasteiger partial charge in [-0.15, -0.1) is 17.7 Å². The average Bonchev–Trinajstić information content (AvgIpc) is 3.15. The predicted molar refractivity (Wildman–Crippen MR) is 87.2 cm³/mol. The predicted octanol–water partition coefficient (Wildman–Crippen LogP) is 2.89. The molecule has 0 saturated heterocycles. The highest BCUT2D eigenvalue weighted by atomic mass is 32.1. The number of methoxy groups -OCH3 is 1. The summed E-state index contributed by atoms with van der Waals surface area (Å²) < 4.78 is 5.23. The summed E-state index contributed by atoms with van der Waals surface area (Å²) in [4.78, 5) is 5.56. The van der Waals surface area contributed by atoms with Crippen molar-refractivity contribution < 1.29 is 4.74 Å². The molecule has 0 aliphatic heterocycles. The summed E-state index contributed by atoms with van der Waals surface area (Å²) in [6.07, 6.45) is 1.40. The van der Waals surface area contributed by atoms with E-state index in [4.69, 9.17) is 4.74 Å². The molecule has 0 amide bonds. The van der Waals surface area contributed by atoms with E-state index >= 15 is 0 Å². The Hall–Kier alpha value is -2.67. The van der Waals surface area contributed by atoms with E-state index in [0.717, 1.165) is 32.5 Å². The first kappa shape index (κ1) is 14.3. The Labute approximate surface area is 131 Å². The van der Waals surface area contributed by atoms with Crippen LogP contribution >= 0.6 is 12.6 Å². The second kappa shape index (κ2) is 6.40. The quantitative estimate of drug-likeness (QED) is 0.417. The lowest BCUT2D eigenvalue weighted by molar-refractivity contribution is 0.415. The summed E-state index contributed by atoms with van der Waals surface area (Å²) in [5, 5.41) is 14.2. The number of pyridine rings is 1. The fourth-order valence-electron chi connectivity index (χ4n) is 2.10. The van der Waals surface area contributed by atoms with E-state index in [1.54, 1.807) is 7.11 Å². The summed E-state index contributed by atoms with van der Waals surface area (Å²) in [6, 6.07) is 13.9. The van der Waals surface area contributed by atoms with Crippen molar-refractivity contribution in [2.75, 3.05) is 7.11 Å². The van der Waals surface area contributed by atoms with Crippen LogP contribution in [0, 0.1) is 0 Å². The van der Waals surface area contributed by atoms with E-state index in [0.29, 0.717) is 0 Å². The number of hydrogen-bond acceptors (Lipinski definition) is 6. The zero-order chi connectivity index (χ0) is 15.4. The SMILES string of the molecule is COc1ccc2nc3ccccc3c(S)c2c1.c1nnn[nH]1. The summed E-state index contributed by atoms with van der Waals surface area (Å²) in [5.74, 6) is 0.824. The minimum absolute atomic E-state index is 0.824. The molecule has 2 heterocycles. The van der Waals surface area contributed by atoms with Gasteiger partial charge in [-0.1, -0.05) is 18.2 Å². The van der Waals surface area contributed by atoms with Gasteiger partial charge in [0.05, 0.1) is 18.1 Å². The molecule has 2 aromatic carbocycles. The molecule has 22 heavy (non-hydrogen) atoms. The van der Waals surface area contributed by atoms with Gasteiger partial charge in [0.15, 0.2) is 0 Å². The van der Waals surface area contributed by atoms with E-state index < -0.39 is 0 Å².